The fourth-order valence-corrected chi connectivity index (χ4v) is 5.14. The van der Waals surface area contributed by atoms with Crippen molar-refractivity contribution in [3.05, 3.63) is 29.8 Å². The normalized spacial score (nSPS) is 34.7. The van der Waals surface area contributed by atoms with Crippen LogP contribution in [0.2, 0.25) is 0 Å². The summed E-state index contributed by atoms with van der Waals surface area (Å²) in [4.78, 5) is 41.5. The molecule has 1 N–H and O–H groups in total. The van der Waals surface area contributed by atoms with Crippen molar-refractivity contribution >= 4 is 23.5 Å². The molecule has 1 aromatic carbocycles. The summed E-state index contributed by atoms with van der Waals surface area (Å²) >= 11 is 0. The molecule has 3 aliphatic heterocycles. The monoisotopic (exact) mass is 341 g/mol. The summed E-state index contributed by atoms with van der Waals surface area (Å²) in [5.41, 5.74) is 0.860. The van der Waals surface area contributed by atoms with Gasteiger partial charge in [0.05, 0.1) is 6.04 Å². The Labute approximate surface area is 147 Å². The number of barbiturate groups is 1. The zero-order chi connectivity index (χ0) is 17.9. The molecule has 6 nitrogen and oxygen atoms in total. The van der Waals surface area contributed by atoms with E-state index in [1.165, 1.54) is 7.05 Å². The third-order valence-electron chi connectivity index (χ3n) is 6.05. The first-order chi connectivity index (χ1) is 11.9. The topological polar surface area (TPSA) is 69.7 Å². The summed E-state index contributed by atoms with van der Waals surface area (Å²) in [6.45, 7) is 5.13. The van der Waals surface area contributed by atoms with Crippen LogP contribution in [0.15, 0.2) is 24.3 Å². The van der Waals surface area contributed by atoms with Gasteiger partial charge in [0.15, 0.2) is 5.41 Å². The van der Waals surface area contributed by atoms with E-state index in [9.17, 15) is 14.4 Å². The number of piperidine rings is 1. The lowest BCUT2D eigenvalue weighted by Crippen LogP contribution is -2.73. The predicted molar refractivity (Wildman–Crippen MR) is 93.0 cm³/mol. The number of urea groups is 1. The highest BCUT2D eigenvalue weighted by Gasteiger charge is 2.63. The van der Waals surface area contributed by atoms with Crippen LogP contribution >= 0.6 is 0 Å². The number of amides is 4. The van der Waals surface area contributed by atoms with Crippen LogP contribution in [0, 0.1) is 17.3 Å². The van der Waals surface area contributed by atoms with Crippen molar-refractivity contribution in [1.82, 2.24) is 10.2 Å². The lowest BCUT2D eigenvalue weighted by molar-refractivity contribution is -0.154. The molecule has 0 saturated carbocycles. The highest BCUT2D eigenvalue weighted by atomic mass is 16.2. The molecule has 3 heterocycles. The number of benzene rings is 1. The number of fused-ring (bicyclic) bond motifs is 4. The van der Waals surface area contributed by atoms with Crippen LogP contribution in [0.1, 0.15) is 25.8 Å². The Morgan fingerprint density at radius 3 is 2.64 bits per heavy atom. The fraction of sp³-hybridized carbons (Fsp3) is 0.526. The molecule has 4 atom stereocenters. The average Bonchev–Trinajstić information content (AvgIpc) is 2.57. The summed E-state index contributed by atoms with van der Waals surface area (Å²) in [5.74, 6) is -0.178. The maximum absolute atomic E-state index is 13.2. The third-order valence-corrected chi connectivity index (χ3v) is 6.05. The highest BCUT2D eigenvalue weighted by Crippen LogP contribution is 2.49. The zero-order valence-corrected chi connectivity index (χ0v) is 14.8. The quantitative estimate of drug-likeness (QED) is 0.731. The lowest BCUT2D eigenvalue weighted by Gasteiger charge is -2.56. The molecule has 25 heavy (non-hydrogen) atoms. The first kappa shape index (κ1) is 16.1. The second kappa shape index (κ2) is 5.31. The smallest absolute Gasteiger partial charge is 0.330 e. The molecule has 4 amide bonds. The minimum atomic E-state index is -1.24. The predicted octanol–water partition coefficient (Wildman–Crippen LogP) is 1.79. The minimum absolute atomic E-state index is 0.174. The molecule has 0 aliphatic carbocycles. The Morgan fingerprint density at radius 1 is 1.16 bits per heavy atom. The van der Waals surface area contributed by atoms with E-state index in [1.54, 1.807) is 0 Å². The first-order valence-electron chi connectivity index (χ1n) is 8.84. The maximum Gasteiger partial charge on any atom is 0.330 e. The van der Waals surface area contributed by atoms with Crippen molar-refractivity contribution in [1.29, 1.82) is 0 Å². The van der Waals surface area contributed by atoms with E-state index in [-0.39, 0.29) is 17.9 Å². The van der Waals surface area contributed by atoms with Gasteiger partial charge in [-0.15, -0.1) is 0 Å². The Kier molecular flexibility index (Phi) is 3.42. The second-order valence-electron chi connectivity index (χ2n) is 7.82. The molecule has 132 valence electrons. The van der Waals surface area contributed by atoms with Gasteiger partial charge in [-0.25, -0.2) is 4.79 Å². The van der Waals surface area contributed by atoms with Crippen molar-refractivity contribution < 1.29 is 14.4 Å². The maximum atomic E-state index is 13.2. The number of imide groups is 2. The van der Waals surface area contributed by atoms with E-state index in [0.717, 1.165) is 29.1 Å². The summed E-state index contributed by atoms with van der Waals surface area (Å²) in [7, 11) is 1.45. The highest BCUT2D eigenvalue weighted by molar-refractivity contribution is 6.20. The molecular weight excluding hydrogens is 318 g/mol. The van der Waals surface area contributed by atoms with Gasteiger partial charge in [-0.3, -0.25) is 19.8 Å². The number of nitrogens with one attached hydrogen (secondary N) is 1. The zero-order valence-electron chi connectivity index (χ0n) is 14.8. The van der Waals surface area contributed by atoms with Crippen LogP contribution in [0.3, 0.4) is 0 Å². The molecule has 2 fully saturated rings. The average molecular weight is 341 g/mol. The van der Waals surface area contributed by atoms with E-state index in [0.29, 0.717) is 12.3 Å². The number of para-hydroxylation sites is 1. The van der Waals surface area contributed by atoms with E-state index < -0.39 is 17.4 Å². The fourth-order valence-electron chi connectivity index (χ4n) is 5.14. The number of hydrogen-bond acceptors (Lipinski definition) is 4. The largest absolute Gasteiger partial charge is 0.366 e. The molecule has 0 radical (unpaired) electrons. The van der Waals surface area contributed by atoms with Crippen LogP contribution in [0.25, 0.3) is 0 Å². The number of carbonyl (C=O) groups excluding carboxylic acids is 3. The molecule has 4 rings (SSSR count). The first-order valence-corrected chi connectivity index (χ1v) is 8.84. The molecule has 0 unspecified atom stereocenters. The Hall–Kier alpha value is -2.37. The summed E-state index contributed by atoms with van der Waals surface area (Å²) in [6.07, 6.45) is 1.30. The van der Waals surface area contributed by atoms with Gasteiger partial charge in [-0.2, -0.15) is 0 Å². The number of anilines is 1. The van der Waals surface area contributed by atoms with Crippen LogP contribution in [-0.4, -0.2) is 42.4 Å². The van der Waals surface area contributed by atoms with E-state index in [4.69, 9.17) is 0 Å². The number of rotatable bonds is 0. The third kappa shape index (κ3) is 2.06. The molecule has 3 aliphatic rings. The Bertz CT molecular complexity index is 777. The van der Waals surface area contributed by atoms with E-state index in [1.807, 2.05) is 18.2 Å². The van der Waals surface area contributed by atoms with Gasteiger partial charge < -0.3 is 4.90 Å². The van der Waals surface area contributed by atoms with Gasteiger partial charge >= 0.3 is 6.03 Å². The van der Waals surface area contributed by atoms with Gasteiger partial charge in [0, 0.05) is 19.3 Å². The summed E-state index contributed by atoms with van der Waals surface area (Å²) in [5, 5.41) is 2.42. The van der Waals surface area contributed by atoms with Crippen molar-refractivity contribution in [3.63, 3.8) is 0 Å². The van der Waals surface area contributed by atoms with Gasteiger partial charge in [0.2, 0.25) is 11.8 Å². The summed E-state index contributed by atoms with van der Waals surface area (Å²) in [6, 6.07) is 7.11. The van der Waals surface area contributed by atoms with E-state index in [2.05, 4.69) is 30.1 Å². The lowest BCUT2D eigenvalue weighted by atomic mass is 9.62. The van der Waals surface area contributed by atoms with Crippen molar-refractivity contribution in [3.8, 4) is 0 Å². The van der Waals surface area contributed by atoms with Gasteiger partial charge in [0.25, 0.3) is 0 Å². The number of nitrogens with zero attached hydrogens (tertiary/aromatic N) is 2. The van der Waals surface area contributed by atoms with Gasteiger partial charge in [0.1, 0.15) is 0 Å². The van der Waals surface area contributed by atoms with Crippen molar-refractivity contribution in [2.45, 2.75) is 32.7 Å². The van der Waals surface area contributed by atoms with Gasteiger partial charge in [-0.1, -0.05) is 32.0 Å². The molecule has 1 aromatic rings. The molecule has 2 saturated heterocycles. The number of carbonyl (C=O) groups is 3. The molecule has 1 spiro atoms. The standard InChI is InChI=1S/C19H23N3O3/c1-11-8-12(2)15-19(16(23)20-18(25)21(3)17(19)24)9-13-6-4-5-7-14(13)22(15)10-11/h4-7,11-12,15H,8-10H2,1-3H3,(H,20,23,25)/t11-,12+,15+,19-/m0/s1. The van der Waals surface area contributed by atoms with E-state index >= 15 is 0 Å². The molecule has 0 bridgehead atoms. The van der Waals surface area contributed by atoms with Crippen molar-refractivity contribution in [2.24, 2.45) is 17.3 Å². The van der Waals surface area contributed by atoms with Crippen molar-refractivity contribution in [2.75, 3.05) is 18.5 Å². The summed E-state index contributed by atoms with van der Waals surface area (Å²) < 4.78 is 0. The van der Waals surface area contributed by atoms with Crippen LogP contribution in [-0.2, 0) is 16.0 Å². The van der Waals surface area contributed by atoms with Gasteiger partial charge in [-0.05, 0) is 36.3 Å². The van der Waals surface area contributed by atoms with Crippen LogP contribution < -0.4 is 10.2 Å². The van der Waals surface area contributed by atoms with Crippen LogP contribution in [0.4, 0.5) is 10.5 Å². The Balaban J connectivity index is 1.92. The molecular formula is C19H23N3O3. The molecule has 0 aromatic heterocycles. The molecule has 6 heteroatoms. The Morgan fingerprint density at radius 2 is 1.88 bits per heavy atom. The SMILES string of the molecule is C[C@H]1C[C@@H](C)[C@H]2N(C1)c1ccccc1C[C@@]21C(=O)NC(=O)N(C)C1=O. The number of hydrogen-bond donors (Lipinski definition) is 1. The second-order valence-corrected chi connectivity index (χ2v) is 7.82. The van der Waals surface area contributed by atoms with Crippen LogP contribution in [0.5, 0.6) is 0 Å². The minimum Gasteiger partial charge on any atom is -0.366 e.